The highest BCUT2D eigenvalue weighted by Crippen LogP contribution is 2.21. The smallest absolute Gasteiger partial charge is 0.0586 e. The standard InChI is InChI=1S/C12H17BrN2O/c1-16-12-3-2-11(5-12)15-7-9-4-10(13)8-14-6-9/h4,6,8,11-12,15H,2-3,5,7H2,1H3. The summed E-state index contributed by atoms with van der Waals surface area (Å²) in [4.78, 5) is 4.15. The van der Waals surface area contributed by atoms with Gasteiger partial charge in [-0.3, -0.25) is 4.98 Å². The van der Waals surface area contributed by atoms with Crippen LogP contribution in [0.4, 0.5) is 0 Å². The van der Waals surface area contributed by atoms with Crippen LogP contribution in [0, 0.1) is 0 Å². The molecule has 1 aromatic rings. The van der Waals surface area contributed by atoms with Gasteiger partial charge in [-0.1, -0.05) is 0 Å². The van der Waals surface area contributed by atoms with Crippen LogP contribution in [0.2, 0.25) is 0 Å². The van der Waals surface area contributed by atoms with Crippen LogP contribution in [0.1, 0.15) is 24.8 Å². The maximum Gasteiger partial charge on any atom is 0.0586 e. The van der Waals surface area contributed by atoms with Crippen LogP contribution in [0.15, 0.2) is 22.9 Å². The molecule has 2 rings (SSSR count). The summed E-state index contributed by atoms with van der Waals surface area (Å²) in [5.41, 5.74) is 1.22. The molecule has 0 bridgehead atoms. The second-order valence-corrected chi connectivity index (χ2v) is 5.18. The van der Waals surface area contributed by atoms with Crippen LogP contribution >= 0.6 is 15.9 Å². The van der Waals surface area contributed by atoms with Crippen molar-refractivity contribution >= 4 is 15.9 Å². The van der Waals surface area contributed by atoms with Crippen molar-refractivity contribution in [3.63, 3.8) is 0 Å². The number of nitrogens with one attached hydrogen (secondary N) is 1. The van der Waals surface area contributed by atoms with E-state index in [1.54, 1.807) is 13.3 Å². The van der Waals surface area contributed by atoms with Crippen molar-refractivity contribution in [3.8, 4) is 0 Å². The lowest BCUT2D eigenvalue weighted by Crippen LogP contribution is -2.26. The lowest BCUT2D eigenvalue weighted by molar-refractivity contribution is 0.107. The van der Waals surface area contributed by atoms with E-state index in [0.29, 0.717) is 12.1 Å². The van der Waals surface area contributed by atoms with Gasteiger partial charge in [0, 0.05) is 36.6 Å². The van der Waals surface area contributed by atoms with E-state index in [9.17, 15) is 0 Å². The molecular weight excluding hydrogens is 268 g/mol. The monoisotopic (exact) mass is 284 g/mol. The molecule has 88 valence electrons. The van der Waals surface area contributed by atoms with E-state index in [1.165, 1.54) is 18.4 Å². The predicted molar refractivity (Wildman–Crippen MR) is 67.2 cm³/mol. The van der Waals surface area contributed by atoms with E-state index < -0.39 is 0 Å². The Kier molecular flexibility index (Phi) is 4.32. The fourth-order valence-electron chi connectivity index (χ4n) is 2.15. The maximum atomic E-state index is 5.35. The number of aromatic nitrogens is 1. The zero-order valence-corrected chi connectivity index (χ0v) is 11.0. The molecule has 16 heavy (non-hydrogen) atoms. The molecule has 2 unspecified atom stereocenters. The lowest BCUT2D eigenvalue weighted by Gasteiger charge is -2.12. The summed E-state index contributed by atoms with van der Waals surface area (Å²) in [5.74, 6) is 0. The van der Waals surface area contributed by atoms with Crippen molar-refractivity contribution in [2.45, 2.75) is 38.0 Å². The summed E-state index contributed by atoms with van der Waals surface area (Å²) < 4.78 is 6.39. The molecular formula is C12H17BrN2O. The molecule has 1 heterocycles. The summed E-state index contributed by atoms with van der Waals surface area (Å²) in [7, 11) is 1.80. The van der Waals surface area contributed by atoms with Crippen LogP contribution < -0.4 is 5.32 Å². The fourth-order valence-corrected chi connectivity index (χ4v) is 2.57. The molecule has 1 aromatic heterocycles. The number of pyridine rings is 1. The predicted octanol–water partition coefficient (Wildman–Crippen LogP) is 2.50. The SMILES string of the molecule is COC1CCC(NCc2cncc(Br)c2)C1. The first-order valence-electron chi connectivity index (χ1n) is 5.63. The number of nitrogens with zero attached hydrogens (tertiary/aromatic N) is 1. The van der Waals surface area contributed by atoms with Crippen LogP contribution in [0.25, 0.3) is 0 Å². The van der Waals surface area contributed by atoms with Crippen molar-refractivity contribution in [2.24, 2.45) is 0 Å². The van der Waals surface area contributed by atoms with Crippen molar-refractivity contribution in [3.05, 3.63) is 28.5 Å². The molecule has 1 N–H and O–H groups in total. The zero-order chi connectivity index (χ0) is 11.4. The Morgan fingerprint density at radius 1 is 1.50 bits per heavy atom. The first kappa shape index (κ1) is 12.0. The van der Waals surface area contributed by atoms with Crippen LogP contribution in [0.5, 0.6) is 0 Å². The van der Waals surface area contributed by atoms with E-state index in [4.69, 9.17) is 4.74 Å². The highest BCUT2D eigenvalue weighted by atomic mass is 79.9. The Hall–Kier alpha value is -0.450. The van der Waals surface area contributed by atoms with E-state index in [1.807, 2.05) is 6.20 Å². The molecule has 0 saturated heterocycles. The van der Waals surface area contributed by atoms with E-state index in [-0.39, 0.29) is 0 Å². The highest BCUT2D eigenvalue weighted by molar-refractivity contribution is 9.10. The van der Waals surface area contributed by atoms with Crippen molar-refractivity contribution < 1.29 is 4.74 Å². The normalized spacial score (nSPS) is 24.9. The molecule has 0 radical (unpaired) electrons. The van der Waals surface area contributed by atoms with E-state index >= 15 is 0 Å². The van der Waals surface area contributed by atoms with Gasteiger partial charge in [-0.25, -0.2) is 0 Å². The highest BCUT2D eigenvalue weighted by Gasteiger charge is 2.23. The molecule has 1 saturated carbocycles. The number of hydrogen-bond donors (Lipinski definition) is 1. The van der Waals surface area contributed by atoms with Gasteiger partial charge in [-0.2, -0.15) is 0 Å². The summed E-state index contributed by atoms with van der Waals surface area (Å²) in [6.07, 6.45) is 7.65. The maximum absolute atomic E-state index is 5.35. The number of rotatable bonds is 4. The van der Waals surface area contributed by atoms with Gasteiger partial charge in [-0.15, -0.1) is 0 Å². The van der Waals surface area contributed by atoms with E-state index in [0.717, 1.165) is 17.4 Å². The molecule has 0 spiro atoms. The fraction of sp³-hybridized carbons (Fsp3) is 0.583. The van der Waals surface area contributed by atoms with Crippen LogP contribution in [0.3, 0.4) is 0 Å². The Morgan fingerprint density at radius 3 is 3.06 bits per heavy atom. The van der Waals surface area contributed by atoms with Gasteiger partial charge in [0.05, 0.1) is 6.10 Å². The minimum atomic E-state index is 0.443. The Morgan fingerprint density at radius 2 is 2.38 bits per heavy atom. The second-order valence-electron chi connectivity index (χ2n) is 4.26. The molecule has 2 atom stereocenters. The summed E-state index contributed by atoms with van der Waals surface area (Å²) in [6.45, 7) is 0.882. The Balaban J connectivity index is 1.80. The minimum Gasteiger partial charge on any atom is -0.381 e. The van der Waals surface area contributed by atoms with Gasteiger partial charge in [0.15, 0.2) is 0 Å². The summed E-state index contributed by atoms with van der Waals surface area (Å²) in [5, 5.41) is 3.55. The van der Waals surface area contributed by atoms with Gasteiger partial charge in [0.1, 0.15) is 0 Å². The third kappa shape index (κ3) is 3.27. The van der Waals surface area contributed by atoms with Crippen molar-refractivity contribution in [1.82, 2.24) is 10.3 Å². The molecule has 1 fully saturated rings. The largest absolute Gasteiger partial charge is 0.381 e. The molecule has 0 aromatic carbocycles. The number of ether oxygens (including phenoxy) is 1. The summed E-state index contributed by atoms with van der Waals surface area (Å²) >= 11 is 3.43. The van der Waals surface area contributed by atoms with Crippen LogP contribution in [-0.4, -0.2) is 24.2 Å². The average molecular weight is 285 g/mol. The Labute approximate surface area is 105 Å². The average Bonchev–Trinajstić information content (AvgIpc) is 2.74. The second kappa shape index (κ2) is 5.75. The van der Waals surface area contributed by atoms with E-state index in [2.05, 4.69) is 32.3 Å². The molecule has 0 amide bonds. The molecule has 0 aliphatic heterocycles. The van der Waals surface area contributed by atoms with Gasteiger partial charge < -0.3 is 10.1 Å². The van der Waals surface area contributed by atoms with Gasteiger partial charge in [-0.05, 0) is 46.8 Å². The number of hydrogen-bond acceptors (Lipinski definition) is 3. The third-order valence-corrected chi connectivity index (χ3v) is 3.51. The topological polar surface area (TPSA) is 34.1 Å². The first-order chi connectivity index (χ1) is 7.78. The van der Waals surface area contributed by atoms with Gasteiger partial charge in [0.25, 0.3) is 0 Å². The van der Waals surface area contributed by atoms with Crippen molar-refractivity contribution in [1.29, 1.82) is 0 Å². The molecule has 1 aliphatic rings. The Bertz CT molecular complexity index is 346. The lowest BCUT2D eigenvalue weighted by atomic mass is 10.2. The van der Waals surface area contributed by atoms with Gasteiger partial charge in [0.2, 0.25) is 0 Å². The summed E-state index contributed by atoms with van der Waals surface area (Å²) in [6, 6.07) is 2.69. The zero-order valence-electron chi connectivity index (χ0n) is 9.45. The van der Waals surface area contributed by atoms with Gasteiger partial charge >= 0.3 is 0 Å². The first-order valence-corrected chi connectivity index (χ1v) is 6.43. The molecule has 4 heteroatoms. The number of halogens is 1. The quantitative estimate of drug-likeness (QED) is 0.923. The van der Waals surface area contributed by atoms with Crippen molar-refractivity contribution in [2.75, 3.05) is 7.11 Å². The minimum absolute atomic E-state index is 0.443. The third-order valence-electron chi connectivity index (χ3n) is 3.07. The molecule has 3 nitrogen and oxygen atoms in total. The molecule has 1 aliphatic carbocycles. The van der Waals surface area contributed by atoms with Crippen LogP contribution in [-0.2, 0) is 11.3 Å². The number of methoxy groups -OCH3 is 1.